The maximum absolute atomic E-state index is 11.7. The monoisotopic (exact) mass is 246 g/mol. The Morgan fingerprint density at radius 1 is 1.39 bits per heavy atom. The number of nitrogen functional groups attached to an aromatic ring is 1. The predicted octanol–water partition coefficient (Wildman–Crippen LogP) is 1.28. The number of nitrogens with two attached hydrogens (primary N) is 1. The second kappa shape index (κ2) is 4.79. The molecule has 0 fully saturated rings. The summed E-state index contributed by atoms with van der Waals surface area (Å²) in [6.45, 7) is 0. The van der Waals surface area contributed by atoms with Gasteiger partial charge in [-0.15, -0.1) is 5.10 Å². The van der Waals surface area contributed by atoms with Gasteiger partial charge in [0.25, 0.3) is 0 Å². The van der Waals surface area contributed by atoms with Crippen molar-refractivity contribution in [3.05, 3.63) is 35.9 Å². The minimum atomic E-state index is -0.515. The number of hydrogen-bond acceptors (Lipinski definition) is 5. The highest BCUT2D eigenvalue weighted by Crippen LogP contribution is 2.25. The largest absolute Gasteiger partial charge is 0.465 e. The van der Waals surface area contributed by atoms with E-state index in [2.05, 4.69) is 10.4 Å². The van der Waals surface area contributed by atoms with Crippen LogP contribution < -0.4 is 11.1 Å². The summed E-state index contributed by atoms with van der Waals surface area (Å²) < 4.78 is 6.19. The molecule has 0 spiro atoms. The quantitative estimate of drug-likeness (QED) is 0.797. The number of rotatable bonds is 3. The van der Waals surface area contributed by atoms with Gasteiger partial charge in [0.15, 0.2) is 5.82 Å². The van der Waals surface area contributed by atoms with Crippen LogP contribution in [0.2, 0.25) is 0 Å². The third kappa shape index (κ3) is 1.88. The minimum Gasteiger partial charge on any atom is -0.465 e. The zero-order valence-corrected chi connectivity index (χ0v) is 10.2. The molecule has 6 heteroatoms. The molecule has 0 aliphatic carbocycles. The first-order valence-corrected chi connectivity index (χ1v) is 5.39. The lowest BCUT2D eigenvalue weighted by molar-refractivity contribution is 0.0603. The molecular formula is C12H14N4O2. The highest BCUT2D eigenvalue weighted by atomic mass is 16.5. The van der Waals surface area contributed by atoms with E-state index in [1.807, 2.05) is 30.3 Å². The second-order valence-corrected chi connectivity index (χ2v) is 3.60. The van der Waals surface area contributed by atoms with Crippen molar-refractivity contribution < 1.29 is 9.53 Å². The van der Waals surface area contributed by atoms with Gasteiger partial charge in [-0.05, 0) is 12.1 Å². The first kappa shape index (κ1) is 12.0. The molecule has 0 aliphatic heterocycles. The Morgan fingerprint density at radius 2 is 2.06 bits per heavy atom. The molecule has 0 amide bonds. The number of anilines is 2. The molecule has 3 N–H and O–H groups in total. The molecule has 0 aliphatic rings. The zero-order chi connectivity index (χ0) is 13.1. The molecule has 6 nitrogen and oxygen atoms in total. The van der Waals surface area contributed by atoms with Gasteiger partial charge in [-0.2, -0.15) is 0 Å². The smallest absolute Gasteiger partial charge is 0.345 e. The number of hydrogen-bond donors (Lipinski definition) is 2. The van der Waals surface area contributed by atoms with Crippen molar-refractivity contribution in [3.63, 3.8) is 0 Å². The van der Waals surface area contributed by atoms with Crippen LogP contribution in [0.4, 0.5) is 11.6 Å². The molecule has 94 valence electrons. The molecule has 0 radical (unpaired) electrons. The fourth-order valence-electron chi connectivity index (χ4n) is 1.68. The van der Waals surface area contributed by atoms with E-state index in [0.717, 1.165) is 5.69 Å². The summed E-state index contributed by atoms with van der Waals surface area (Å²) in [5.74, 6) is 0.125. The maximum atomic E-state index is 11.7. The molecule has 0 bridgehead atoms. The van der Waals surface area contributed by atoms with E-state index >= 15 is 0 Å². The van der Waals surface area contributed by atoms with Gasteiger partial charge in [0, 0.05) is 7.05 Å². The number of nitrogens with one attached hydrogen (secondary N) is 1. The Balaban J connectivity index is 2.58. The Bertz CT molecular complexity index is 563. The predicted molar refractivity (Wildman–Crippen MR) is 68.9 cm³/mol. The van der Waals surface area contributed by atoms with Crippen molar-refractivity contribution in [2.75, 3.05) is 25.2 Å². The van der Waals surface area contributed by atoms with E-state index in [0.29, 0.717) is 5.82 Å². The van der Waals surface area contributed by atoms with Gasteiger partial charge in [-0.3, -0.25) is 0 Å². The number of ether oxygens (including phenoxy) is 1. The highest BCUT2D eigenvalue weighted by Gasteiger charge is 2.22. The molecule has 0 saturated carbocycles. The van der Waals surface area contributed by atoms with Gasteiger partial charge < -0.3 is 15.8 Å². The van der Waals surface area contributed by atoms with Crippen LogP contribution in [0.25, 0.3) is 5.69 Å². The summed E-state index contributed by atoms with van der Waals surface area (Å²) in [6.07, 6.45) is 0. The lowest BCUT2D eigenvalue weighted by Crippen LogP contribution is -2.08. The van der Waals surface area contributed by atoms with Crippen LogP contribution >= 0.6 is 0 Å². The van der Waals surface area contributed by atoms with E-state index in [9.17, 15) is 4.79 Å². The van der Waals surface area contributed by atoms with Crippen molar-refractivity contribution in [1.82, 2.24) is 9.78 Å². The van der Waals surface area contributed by atoms with Crippen molar-refractivity contribution in [3.8, 4) is 5.69 Å². The molecular weight excluding hydrogens is 232 g/mol. The SMILES string of the molecule is CNc1nn(-c2ccccc2)c(N)c1C(=O)OC. The van der Waals surface area contributed by atoms with Gasteiger partial charge in [0.2, 0.25) is 0 Å². The van der Waals surface area contributed by atoms with Crippen LogP contribution in [0.5, 0.6) is 0 Å². The van der Waals surface area contributed by atoms with E-state index in [1.165, 1.54) is 11.8 Å². The molecule has 1 aromatic carbocycles. The van der Waals surface area contributed by atoms with Crippen LogP contribution in [-0.4, -0.2) is 29.9 Å². The zero-order valence-electron chi connectivity index (χ0n) is 10.2. The van der Waals surface area contributed by atoms with Gasteiger partial charge >= 0.3 is 5.97 Å². The number of esters is 1. The summed E-state index contributed by atoms with van der Waals surface area (Å²) in [5.41, 5.74) is 6.97. The Morgan fingerprint density at radius 3 is 2.61 bits per heavy atom. The van der Waals surface area contributed by atoms with Crippen LogP contribution in [0.3, 0.4) is 0 Å². The van der Waals surface area contributed by atoms with Crippen molar-refractivity contribution in [2.24, 2.45) is 0 Å². The molecule has 0 saturated heterocycles. The topological polar surface area (TPSA) is 82.2 Å². The Kier molecular flexibility index (Phi) is 3.18. The van der Waals surface area contributed by atoms with Crippen LogP contribution in [-0.2, 0) is 4.74 Å². The molecule has 0 atom stereocenters. The van der Waals surface area contributed by atoms with E-state index in [1.54, 1.807) is 7.05 Å². The second-order valence-electron chi connectivity index (χ2n) is 3.60. The fraction of sp³-hybridized carbons (Fsp3) is 0.167. The van der Waals surface area contributed by atoms with Crippen molar-refractivity contribution in [1.29, 1.82) is 0 Å². The Labute approximate surface area is 104 Å². The third-order valence-electron chi connectivity index (χ3n) is 2.55. The number of benzene rings is 1. The van der Waals surface area contributed by atoms with Gasteiger partial charge in [0.1, 0.15) is 11.4 Å². The standard InChI is InChI=1S/C12H14N4O2/c1-14-11-9(12(17)18-2)10(13)16(15-11)8-6-4-3-5-7-8/h3-7H,13H2,1-2H3,(H,14,15). The number of nitrogens with zero attached hydrogens (tertiary/aromatic N) is 2. The normalized spacial score (nSPS) is 10.1. The molecule has 1 heterocycles. The number of methoxy groups -OCH3 is 1. The summed E-state index contributed by atoms with van der Waals surface area (Å²) in [6, 6.07) is 9.33. The lowest BCUT2D eigenvalue weighted by atomic mass is 10.3. The third-order valence-corrected chi connectivity index (χ3v) is 2.55. The fourth-order valence-corrected chi connectivity index (χ4v) is 1.68. The van der Waals surface area contributed by atoms with Gasteiger partial charge in [-0.25, -0.2) is 9.48 Å². The first-order chi connectivity index (χ1) is 8.69. The van der Waals surface area contributed by atoms with Crippen LogP contribution in [0, 0.1) is 0 Å². The van der Waals surface area contributed by atoms with Crippen LogP contribution in [0.15, 0.2) is 30.3 Å². The average molecular weight is 246 g/mol. The number of carbonyl (C=O) groups excluding carboxylic acids is 1. The Hall–Kier alpha value is -2.50. The molecule has 2 aromatic rings. The van der Waals surface area contributed by atoms with E-state index < -0.39 is 5.97 Å². The number of para-hydroxylation sites is 1. The minimum absolute atomic E-state index is 0.240. The molecule has 18 heavy (non-hydrogen) atoms. The molecule has 2 rings (SSSR count). The molecule has 1 aromatic heterocycles. The van der Waals surface area contributed by atoms with Crippen LogP contribution in [0.1, 0.15) is 10.4 Å². The van der Waals surface area contributed by atoms with Crippen molar-refractivity contribution >= 4 is 17.6 Å². The van der Waals surface area contributed by atoms with E-state index in [4.69, 9.17) is 10.5 Å². The first-order valence-electron chi connectivity index (χ1n) is 5.39. The lowest BCUT2D eigenvalue weighted by Gasteiger charge is -2.03. The van der Waals surface area contributed by atoms with E-state index in [-0.39, 0.29) is 11.4 Å². The van der Waals surface area contributed by atoms with Gasteiger partial charge in [-0.1, -0.05) is 18.2 Å². The highest BCUT2D eigenvalue weighted by molar-refractivity contribution is 5.99. The molecule has 0 unspecified atom stereocenters. The summed E-state index contributed by atoms with van der Waals surface area (Å²) in [7, 11) is 2.98. The average Bonchev–Trinajstić information content (AvgIpc) is 2.76. The summed E-state index contributed by atoms with van der Waals surface area (Å²) in [4.78, 5) is 11.7. The number of aromatic nitrogens is 2. The van der Waals surface area contributed by atoms with Gasteiger partial charge in [0.05, 0.1) is 12.8 Å². The summed E-state index contributed by atoms with van der Waals surface area (Å²) in [5, 5.41) is 7.08. The summed E-state index contributed by atoms with van der Waals surface area (Å²) >= 11 is 0. The number of carbonyl (C=O) groups is 1. The maximum Gasteiger partial charge on any atom is 0.345 e. The van der Waals surface area contributed by atoms with Crippen molar-refractivity contribution in [2.45, 2.75) is 0 Å².